The van der Waals surface area contributed by atoms with Crippen LogP contribution in [0.15, 0.2) is 36.5 Å². The summed E-state index contributed by atoms with van der Waals surface area (Å²) < 4.78 is 4.77. The number of esters is 1. The first-order valence-corrected chi connectivity index (χ1v) is 6.43. The van der Waals surface area contributed by atoms with Crippen LogP contribution in [0.25, 0.3) is 0 Å². The average Bonchev–Trinajstić information content (AvgIpc) is 2.45. The molecular formula is C13H13N3O4S. The van der Waals surface area contributed by atoms with E-state index in [9.17, 15) is 14.9 Å². The van der Waals surface area contributed by atoms with Gasteiger partial charge in [0.1, 0.15) is 5.92 Å². The summed E-state index contributed by atoms with van der Waals surface area (Å²) in [7, 11) is 1.27. The molecule has 1 aliphatic rings. The van der Waals surface area contributed by atoms with Gasteiger partial charge in [-0.1, -0.05) is 18.7 Å². The third-order valence-electron chi connectivity index (χ3n) is 3.16. The van der Waals surface area contributed by atoms with Crippen molar-refractivity contribution in [2.24, 2.45) is 5.92 Å². The highest BCUT2D eigenvalue weighted by atomic mass is 32.1. The largest absolute Gasteiger partial charge is 0.468 e. The Morgan fingerprint density at radius 3 is 2.86 bits per heavy atom. The molecule has 21 heavy (non-hydrogen) atoms. The fourth-order valence-electron chi connectivity index (χ4n) is 2.20. The summed E-state index contributed by atoms with van der Waals surface area (Å²) >= 11 is 5.05. The van der Waals surface area contributed by atoms with Crippen molar-refractivity contribution in [1.29, 1.82) is 0 Å². The smallest absolute Gasteiger partial charge is 0.317 e. The van der Waals surface area contributed by atoms with E-state index in [2.05, 4.69) is 17.2 Å². The number of carbonyl (C=O) groups excluding carboxylic acids is 1. The average molecular weight is 307 g/mol. The van der Waals surface area contributed by atoms with E-state index in [0.29, 0.717) is 16.4 Å². The Hall–Kier alpha value is -2.48. The van der Waals surface area contributed by atoms with Gasteiger partial charge in [0.05, 0.1) is 18.1 Å². The molecule has 1 heterocycles. The van der Waals surface area contributed by atoms with Gasteiger partial charge in [-0.15, -0.1) is 0 Å². The number of non-ortho nitro benzene ring substituents is 1. The van der Waals surface area contributed by atoms with Gasteiger partial charge in [-0.3, -0.25) is 14.9 Å². The van der Waals surface area contributed by atoms with Crippen LogP contribution >= 0.6 is 12.2 Å². The zero-order valence-electron chi connectivity index (χ0n) is 11.2. The molecule has 1 saturated heterocycles. The molecule has 2 atom stereocenters. The lowest BCUT2D eigenvalue weighted by Crippen LogP contribution is -2.50. The van der Waals surface area contributed by atoms with E-state index in [0.717, 1.165) is 0 Å². The lowest BCUT2D eigenvalue weighted by atomic mass is 9.89. The van der Waals surface area contributed by atoms with Crippen LogP contribution in [0.4, 0.5) is 5.69 Å². The Bertz CT molecular complexity index is 632. The molecule has 0 aliphatic carbocycles. The van der Waals surface area contributed by atoms with Crippen molar-refractivity contribution in [2.45, 2.75) is 6.04 Å². The summed E-state index contributed by atoms with van der Waals surface area (Å²) in [6, 6.07) is 5.44. The third kappa shape index (κ3) is 3.00. The number of hydrogen-bond donors (Lipinski definition) is 2. The molecule has 0 spiro atoms. The van der Waals surface area contributed by atoms with E-state index in [4.69, 9.17) is 17.0 Å². The number of nitrogens with zero attached hydrogens (tertiary/aromatic N) is 1. The number of ether oxygens (including phenoxy) is 1. The second-order valence-electron chi connectivity index (χ2n) is 4.45. The summed E-state index contributed by atoms with van der Waals surface area (Å²) in [5.41, 5.74) is 0.889. The molecule has 7 nitrogen and oxygen atoms in total. The number of hydrogen-bond acceptors (Lipinski definition) is 5. The maximum atomic E-state index is 11.9. The van der Waals surface area contributed by atoms with Crippen LogP contribution in [0.3, 0.4) is 0 Å². The van der Waals surface area contributed by atoms with Gasteiger partial charge in [0, 0.05) is 17.8 Å². The Morgan fingerprint density at radius 1 is 1.52 bits per heavy atom. The molecule has 1 fully saturated rings. The highest BCUT2D eigenvalue weighted by molar-refractivity contribution is 7.80. The molecule has 0 saturated carbocycles. The Kier molecular flexibility index (Phi) is 4.18. The standard InChI is InChI=1S/C13H13N3O4S/c1-7-10(12(17)20-2)11(15-13(21)14-7)8-4-3-5-9(6-8)16(18)19/h3-6,10-11H,1H2,2H3,(H2,14,15,21). The Balaban J connectivity index is 2.43. The van der Waals surface area contributed by atoms with Gasteiger partial charge in [-0.25, -0.2) is 0 Å². The summed E-state index contributed by atoms with van der Waals surface area (Å²) in [6.07, 6.45) is 0. The number of carbonyl (C=O) groups is 1. The van der Waals surface area contributed by atoms with Crippen LogP contribution in [0.2, 0.25) is 0 Å². The summed E-state index contributed by atoms with van der Waals surface area (Å²) in [6.45, 7) is 3.78. The maximum absolute atomic E-state index is 11.9. The molecule has 1 aliphatic heterocycles. The molecule has 2 unspecified atom stereocenters. The Labute approximate surface area is 126 Å². The minimum Gasteiger partial charge on any atom is -0.468 e. The van der Waals surface area contributed by atoms with Gasteiger partial charge in [-0.2, -0.15) is 0 Å². The molecule has 2 N–H and O–H groups in total. The van der Waals surface area contributed by atoms with Gasteiger partial charge in [0.2, 0.25) is 0 Å². The van der Waals surface area contributed by atoms with Crippen molar-refractivity contribution in [1.82, 2.24) is 10.6 Å². The van der Waals surface area contributed by atoms with E-state index >= 15 is 0 Å². The molecule has 0 radical (unpaired) electrons. The first-order valence-electron chi connectivity index (χ1n) is 6.02. The Morgan fingerprint density at radius 2 is 2.24 bits per heavy atom. The first-order chi connectivity index (χ1) is 9.93. The fourth-order valence-corrected chi connectivity index (χ4v) is 2.46. The maximum Gasteiger partial charge on any atom is 0.317 e. The van der Waals surface area contributed by atoms with Gasteiger partial charge >= 0.3 is 5.97 Å². The number of nitro benzene ring substituents is 1. The molecule has 1 aromatic carbocycles. The monoisotopic (exact) mass is 307 g/mol. The molecule has 2 rings (SSSR count). The van der Waals surface area contributed by atoms with Gasteiger partial charge < -0.3 is 15.4 Å². The normalized spacial score (nSPS) is 21.2. The molecule has 8 heteroatoms. The van der Waals surface area contributed by atoms with Crippen molar-refractivity contribution in [3.8, 4) is 0 Å². The SMILES string of the molecule is C=C1NC(=S)NC(c2cccc([N+](=O)[O-])c2)C1C(=O)OC. The van der Waals surface area contributed by atoms with E-state index in [1.165, 1.54) is 19.2 Å². The minimum absolute atomic E-state index is 0.0621. The number of rotatable bonds is 3. The van der Waals surface area contributed by atoms with Crippen LogP contribution in [0, 0.1) is 16.0 Å². The minimum atomic E-state index is -0.733. The highest BCUT2D eigenvalue weighted by Gasteiger charge is 2.37. The van der Waals surface area contributed by atoms with Crippen molar-refractivity contribution in [2.75, 3.05) is 7.11 Å². The number of thiocarbonyl (C=S) groups is 1. The number of nitrogens with one attached hydrogen (secondary N) is 2. The molecular weight excluding hydrogens is 294 g/mol. The molecule has 0 bridgehead atoms. The summed E-state index contributed by atoms with van der Waals surface area (Å²) in [5.74, 6) is -1.23. The van der Waals surface area contributed by atoms with Crippen LogP contribution in [-0.2, 0) is 9.53 Å². The zero-order valence-corrected chi connectivity index (χ0v) is 12.0. The van der Waals surface area contributed by atoms with Gasteiger partial charge in [-0.05, 0) is 17.8 Å². The predicted octanol–water partition coefficient (Wildman–Crippen LogP) is 1.42. The van der Waals surface area contributed by atoms with E-state index < -0.39 is 22.9 Å². The van der Waals surface area contributed by atoms with E-state index in [1.54, 1.807) is 12.1 Å². The fraction of sp³-hybridized carbons (Fsp3) is 0.231. The predicted molar refractivity (Wildman–Crippen MR) is 79.4 cm³/mol. The second kappa shape index (κ2) is 5.88. The number of methoxy groups -OCH3 is 1. The number of nitro groups is 1. The summed E-state index contributed by atoms with van der Waals surface area (Å²) in [4.78, 5) is 22.3. The second-order valence-corrected chi connectivity index (χ2v) is 4.86. The van der Waals surface area contributed by atoms with Crippen LogP contribution < -0.4 is 10.6 Å². The number of benzene rings is 1. The molecule has 0 aromatic heterocycles. The van der Waals surface area contributed by atoms with E-state index in [-0.39, 0.29) is 5.69 Å². The summed E-state index contributed by atoms with van der Waals surface area (Å²) in [5, 5.41) is 16.9. The van der Waals surface area contributed by atoms with E-state index in [1.807, 2.05) is 0 Å². The van der Waals surface area contributed by atoms with Gasteiger partial charge in [0.25, 0.3) is 5.69 Å². The topological polar surface area (TPSA) is 93.5 Å². The van der Waals surface area contributed by atoms with Crippen LogP contribution in [0.5, 0.6) is 0 Å². The molecule has 0 amide bonds. The van der Waals surface area contributed by atoms with Crippen LogP contribution in [-0.4, -0.2) is 23.1 Å². The van der Waals surface area contributed by atoms with Crippen molar-refractivity contribution >= 4 is 29.0 Å². The molecule has 1 aromatic rings. The zero-order chi connectivity index (χ0) is 15.6. The van der Waals surface area contributed by atoms with Gasteiger partial charge in [0.15, 0.2) is 5.11 Å². The lowest BCUT2D eigenvalue weighted by Gasteiger charge is -2.34. The van der Waals surface area contributed by atoms with Crippen LogP contribution in [0.1, 0.15) is 11.6 Å². The molecule has 110 valence electrons. The highest BCUT2D eigenvalue weighted by Crippen LogP contribution is 2.31. The van der Waals surface area contributed by atoms with Crippen molar-refractivity contribution in [3.63, 3.8) is 0 Å². The van der Waals surface area contributed by atoms with Crippen molar-refractivity contribution in [3.05, 3.63) is 52.2 Å². The quantitative estimate of drug-likeness (QED) is 0.377. The van der Waals surface area contributed by atoms with Crippen molar-refractivity contribution < 1.29 is 14.5 Å². The third-order valence-corrected chi connectivity index (χ3v) is 3.38. The lowest BCUT2D eigenvalue weighted by molar-refractivity contribution is -0.384. The first kappa shape index (κ1) is 14.9.